The summed E-state index contributed by atoms with van der Waals surface area (Å²) in [5, 5.41) is 0. The van der Waals surface area contributed by atoms with E-state index < -0.39 is 0 Å². The van der Waals surface area contributed by atoms with Gasteiger partial charge in [-0.1, -0.05) is 14.0 Å². The van der Waals surface area contributed by atoms with E-state index in [9.17, 15) is 14.4 Å². The van der Waals surface area contributed by atoms with E-state index in [4.69, 9.17) is 18.9 Å². The lowest BCUT2D eigenvalue weighted by molar-refractivity contribution is -0.145. The quantitative estimate of drug-likeness (QED) is 0.0682. The molecular formula is C43H47Br5N10O7. The molecule has 5 aromatic heterocycles. The van der Waals surface area contributed by atoms with Crippen molar-refractivity contribution in [2.45, 2.75) is 71.3 Å². The molecular weight excluding hydrogens is 1170 g/mol. The van der Waals surface area contributed by atoms with E-state index in [0.717, 1.165) is 63.5 Å². The SMILES string of the molecule is Brc1cnc(C2CO2)cn1.C.C=Cc1cnc(Br)cn1.CCOC(=O)C1CC1c1cnc(Br)cn1.CCOC(=O)[C@@H]1C[C@H]1c1cnc(Br)cn1.CCOC(=O)[C@H]1C[C@@H]1c1cnc(Br)cn1. The number of carbonyl (C=O) groups excluding carboxylic acids is 3. The molecule has 17 nitrogen and oxygen atoms in total. The van der Waals surface area contributed by atoms with Crippen LogP contribution in [0.3, 0.4) is 0 Å². The molecule has 1 aliphatic heterocycles. The van der Waals surface area contributed by atoms with Gasteiger partial charge in [0.15, 0.2) is 0 Å². The van der Waals surface area contributed by atoms with Gasteiger partial charge in [0.2, 0.25) is 0 Å². The number of esters is 3. The molecule has 22 heteroatoms. The van der Waals surface area contributed by atoms with Gasteiger partial charge in [-0.3, -0.25) is 39.3 Å². The molecule has 4 aliphatic rings. The molecule has 3 aliphatic carbocycles. The molecule has 4 fully saturated rings. The van der Waals surface area contributed by atoms with Gasteiger partial charge in [0, 0.05) is 17.8 Å². The number of hydrogen-bond donors (Lipinski definition) is 0. The molecule has 346 valence electrons. The fourth-order valence-electron chi connectivity index (χ4n) is 5.77. The Labute approximate surface area is 419 Å². The Hall–Kier alpha value is -4.09. The predicted octanol–water partition coefficient (Wildman–Crippen LogP) is 9.55. The zero-order valence-corrected chi connectivity index (χ0v) is 42.7. The summed E-state index contributed by atoms with van der Waals surface area (Å²) in [4.78, 5) is 75.0. The van der Waals surface area contributed by atoms with E-state index in [2.05, 4.69) is 136 Å². The summed E-state index contributed by atoms with van der Waals surface area (Å²) in [5.74, 6) is 0.201. The van der Waals surface area contributed by atoms with Crippen LogP contribution in [-0.2, 0) is 33.3 Å². The smallest absolute Gasteiger partial charge is 0.309 e. The van der Waals surface area contributed by atoms with Crippen LogP contribution in [-0.4, -0.2) is 94.2 Å². The van der Waals surface area contributed by atoms with E-state index in [-0.39, 0.29) is 66.9 Å². The Bertz CT molecular complexity index is 2110. The third-order valence-corrected chi connectivity index (χ3v) is 11.4. The monoisotopic (exact) mass is 1210 g/mol. The number of nitrogens with zero attached hydrogens (tertiary/aromatic N) is 10. The number of hydrogen-bond acceptors (Lipinski definition) is 17. The van der Waals surface area contributed by atoms with Gasteiger partial charge in [0.05, 0.1) is 135 Å². The first-order valence-corrected chi connectivity index (χ1v) is 23.9. The number of epoxide rings is 1. The highest BCUT2D eigenvalue weighted by molar-refractivity contribution is 9.11. The molecule has 0 N–H and O–H groups in total. The fraction of sp³-hybridized carbons (Fsp3) is 0.419. The summed E-state index contributed by atoms with van der Waals surface area (Å²) in [6.07, 6.45) is 21.1. The minimum atomic E-state index is -0.118. The number of aromatic nitrogens is 10. The highest BCUT2D eigenvalue weighted by atomic mass is 79.9. The predicted molar refractivity (Wildman–Crippen MR) is 257 cm³/mol. The molecule has 9 rings (SSSR count). The second-order valence-corrected chi connectivity index (χ2v) is 18.0. The first kappa shape index (κ1) is 53.5. The minimum absolute atomic E-state index is 0. The van der Waals surface area contributed by atoms with E-state index in [1.807, 2.05) is 20.8 Å². The van der Waals surface area contributed by atoms with Crippen LogP contribution < -0.4 is 0 Å². The summed E-state index contributed by atoms with van der Waals surface area (Å²) in [5.41, 5.74) is 4.32. The van der Waals surface area contributed by atoms with Crippen molar-refractivity contribution >= 4 is 104 Å². The second-order valence-electron chi connectivity index (χ2n) is 13.9. The summed E-state index contributed by atoms with van der Waals surface area (Å²) >= 11 is 16.0. The van der Waals surface area contributed by atoms with Crippen LogP contribution >= 0.6 is 79.6 Å². The highest BCUT2D eigenvalue weighted by Gasteiger charge is 2.48. The largest absolute Gasteiger partial charge is 0.466 e. The van der Waals surface area contributed by atoms with Crippen molar-refractivity contribution in [3.63, 3.8) is 0 Å². The van der Waals surface area contributed by atoms with Crippen LogP contribution in [0.4, 0.5) is 0 Å². The van der Waals surface area contributed by atoms with Crippen molar-refractivity contribution in [3.8, 4) is 0 Å². The second kappa shape index (κ2) is 26.9. The maximum Gasteiger partial charge on any atom is 0.309 e. The van der Waals surface area contributed by atoms with Gasteiger partial charge in [0.1, 0.15) is 29.1 Å². The molecule has 0 aromatic carbocycles. The summed E-state index contributed by atoms with van der Waals surface area (Å²) in [7, 11) is 0. The third-order valence-electron chi connectivity index (χ3n) is 9.35. The molecule has 1 saturated heterocycles. The van der Waals surface area contributed by atoms with Gasteiger partial charge in [-0.2, -0.15) is 0 Å². The van der Waals surface area contributed by atoms with Gasteiger partial charge in [-0.05, 0) is 126 Å². The van der Waals surface area contributed by atoms with Crippen LogP contribution in [0.1, 0.15) is 99.8 Å². The van der Waals surface area contributed by atoms with Crippen LogP contribution in [0.2, 0.25) is 0 Å². The standard InChI is InChI=1S/3C10H11BrN2O2.C6H5BrN2O.C6H5BrN2.CH4/c3*1-2-15-10(14)7-3-6(7)8-4-13-9(11)5-12-8;7-6-2-8-4(1-9-6)5-3-10-5;1-2-5-3-9-6(7)4-8-5;/h3*4-7H,2-3H2,1H3;1-2,5H,3H2;2-4H,1H2;1H4/t2*6-,7-;;;;/m10..../s1. The van der Waals surface area contributed by atoms with Crippen LogP contribution in [0.15, 0.2) is 91.6 Å². The highest BCUT2D eigenvalue weighted by Crippen LogP contribution is 2.48. The van der Waals surface area contributed by atoms with Gasteiger partial charge in [-0.15, -0.1) is 0 Å². The molecule has 5 aromatic rings. The molecule has 3 saturated carbocycles. The molecule has 6 heterocycles. The van der Waals surface area contributed by atoms with Gasteiger partial charge >= 0.3 is 17.9 Å². The lowest BCUT2D eigenvalue weighted by Gasteiger charge is -2.00. The van der Waals surface area contributed by atoms with Gasteiger partial charge in [-0.25, -0.2) is 24.9 Å². The van der Waals surface area contributed by atoms with Crippen molar-refractivity contribution in [2.24, 2.45) is 17.8 Å². The maximum atomic E-state index is 11.4. The average molecular weight is 1220 g/mol. The van der Waals surface area contributed by atoms with Crippen LogP contribution in [0.5, 0.6) is 0 Å². The molecule has 3 unspecified atom stereocenters. The Morgan fingerprint density at radius 1 is 0.523 bits per heavy atom. The van der Waals surface area contributed by atoms with Crippen molar-refractivity contribution in [3.05, 3.63) is 120 Å². The fourth-order valence-corrected chi connectivity index (χ4v) is 6.80. The van der Waals surface area contributed by atoms with Crippen molar-refractivity contribution in [1.82, 2.24) is 49.8 Å². The zero-order chi connectivity index (χ0) is 46.2. The molecule has 0 radical (unpaired) electrons. The lowest BCUT2D eigenvalue weighted by Crippen LogP contribution is -2.07. The maximum absolute atomic E-state index is 11.4. The molecule has 0 bridgehead atoms. The minimum Gasteiger partial charge on any atom is -0.466 e. The van der Waals surface area contributed by atoms with Gasteiger partial charge in [0.25, 0.3) is 0 Å². The van der Waals surface area contributed by atoms with Crippen molar-refractivity contribution < 1.29 is 33.3 Å². The van der Waals surface area contributed by atoms with E-state index in [1.165, 1.54) is 0 Å². The molecule has 0 amide bonds. The molecule has 0 spiro atoms. The summed E-state index contributed by atoms with van der Waals surface area (Å²) < 4.78 is 23.5. The van der Waals surface area contributed by atoms with Crippen molar-refractivity contribution in [2.75, 3.05) is 26.4 Å². The Morgan fingerprint density at radius 3 is 1.05 bits per heavy atom. The first-order chi connectivity index (χ1) is 30.8. The van der Waals surface area contributed by atoms with Crippen molar-refractivity contribution in [1.29, 1.82) is 0 Å². The van der Waals surface area contributed by atoms with Crippen LogP contribution in [0, 0.1) is 17.8 Å². The Kier molecular flexibility index (Phi) is 22.2. The van der Waals surface area contributed by atoms with Gasteiger partial charge < -0.3 is 18.9 Å². The van der Waals surface area contributed by atoms with E-state index in [0.29, 0.717) is 33.6 Å². The van der Waals surface area contributed by atoms with E-state index in [1.54, 1.807) is 68.0 Å². The molecule has 65 heavy (non-hydrogen) atoms. The number of ether oxygens (including phenoxy) is 4. The average Bonchev–Trinajstić information content (AvgIpc) is 4.09. The summed E-state index contributed by atoms with van der Waals surface area (Å²) in [6.45, 7) is 11.1. The first-order valence-electron chi connectivity index (χ1n) is 20.0. The number of rotatable bonds is 11. The third kappa shape index (κ3) is 17.9. The Morgan fingerprint density at radius 2 is 0.815 bits per heavy atom. The van der Waals surface area contributed by atoms with Crippen LogP contribution in [0.25, 0.3) is 6.08 Å². The summed E-state index contributed by atoms with van der Waals surface area (Å²) in [6, 6.07) is 0. The number of carbonyl (C=O) groups is 3. The zero-order valence-electron chi connectivity index (χ0n) is 34.8. The lowest BCUT2D eigenvalue weighted by atomic mass is 10.2. The Balaban J connectivity index is 0.000000180. The topological polar surface area (TPSA) is 220 Å². The normalized spacial score (nSPS) is 21.1. The molecule has 7 atom stereocenters. The number of halogens is 5. The van der Waals surface area contributed by atoms with E-state index >= 15 is 0 Å².